The fourth-order valence-corrected chi connectivity index (χ4v) is 3.74. The van der Waals surface area contributed by atoms with Gasteiger partial charge in [0.15, 0.2) is 0 Å². The molecule has 0 aliphatic heterocycles. The monoisotopic (exact) mass is 342 g/mol. The van der Waals surface area contributed by atoms with Gasteiger partial charge in [0.1, 0.15) is 0 Å². The first-order valence-electron chi connectivity index (χ1n) is 8.92. The summed E-state index contributed by atoms with van der Waals surface area (Å²) in [5, 5.41) is 6.75. The van der Waals surface area contributed by atoms with E-state index in [9.17, 15) is 9.59 Å². The van der Waals surface area contributed by atoms with Gasteiger partial charge in [-0.25, -0.2) is 4.79 Å². The van der Waals surface area contributed by atoms with Crippen LogP contribution in [0.5, 0.6) is 0 Å². The minimum atomic E-state index is -0.266. The molecule has 0 radical (unpaired) electrons. The highest BCUT2D eigenvalue weighted by Crippen LogP contribution is 2.27. The second-order valence-electron chi connectivity index (χ2n) is 6.81. The zero-order valence-corrected chi connectivity index (χ0v) is 14.6. The van der Waals surface area contributed by atoms with Crippen LogP contribution in [-0.2, 0) is 13.6 Å². The van der Waals surface area contributed by atoms with Gasteiger partial charge in [-0.05, 0) is 36.3 Å². The number of nitrogens with one attached hydrogen (secondary N) is 2. The number of carbonyl (C=O) groups is 1. The van der Waals surface area contributed by atoms with Gasteiger partial charge in [-0.15, -0.1) is 0 Å². The van der Waals surface area contributed by atoms with E-state index in [0.717, 1.165) is 23.7 Å². The Morgan fingerprint density at radius 2 is 2.04 bits per heavy atom. The first-order chi connectivity index (χ1) is 12.1. The molecule has 6 nitrogen and oxygen atoms in total. The van der Waals surface area contributed by atoms with Crippen molar-refractivity contribution in [2.45, 2.75) is 38.3 Å². The summed E-state index contributed by atoms with van der Waals surface area (Å²) in [5.74, 6) is 0.462. The van der Waals surface area contributed by atoms with Crippen LogP contribution in [0.15, 0.2) is 35.1 Å². The summed E-state index contributed by atoms with van der Waals surface area (Å²) < 4.78 is 1.62. The van der Waals surface area contributed by atoms with Gasteiger partial charge in [0.05, 0.1) is 5.52 Å². The molecule has 1 fully saturated rings. The van der Waals surface area contributed by atoms with Crippen molar-refractivity contribution >= 4 is 16.9 Å². The normalized spacial score (nSPS) is 16.1. The summed E-state index contributed by atoms with van der Waals surface area (Å²) >= 11 is 0. The second kappa shape index (κ2) is 7.70. The van der Waals surface area contributed by atoms with Gasteiger partial charge in [-0.2, -0.15) is 0 Å². The Bertz CT molecular complexity index is 809. The lowest BCUT2D eigenvalue weighted by molar-refractivity contribution is 0.231. The van der Waals surface area contributed by atoms with E-state index in [1.807, 2.05) is 30.3 Å². The fourth-order valence-electron chi connectivity index (χ4n) is 3.74. The summed E-state index contributed by atoms with van der Waals surface area (Å²) in [5.41, 5.74) is 7.18. The number of rotatable bonds is 5. The number of amides is 2. The summed E-state index contributed by atoms with van der Waals surface area (Å²) in [6.45, 7) is 0.640. The molecule has 1 aliphatic carbocycles. The first-order valence-corrected chi connectivity index (χ1v) is 8.92. The van der Waals surface area contributed by atoms with Crippen molar-refractivity contribution in [3.63, 3.8) is 0 Å². The van der Waals surface area contributed by atoms with Crippen LogP contribution in [0.3, 0.4) is 0 Å². The number of aromatic nitrogens is 1. The van der Waals surface area contributed by atoms with Crippen molar-refractivity contribution in [2.75, 3.05) is 6.54 Å². The lowest BCUT2D eigenvalue weighted by atomic mass is 9.98. The third-order valence-electron chi connectivity index (χ3n) is 5.19. The number of para-hydroxylation sites is 1. The van der Waals surface area contributed by atoms with E-state index < -0.39 is 0 Å². The number of pyridine rings is 1. The van der Waals surface area contributed by atoms with Crippen LogP contribution in [-0.4, -0.2) is 23.2 Å². The number of nitrogens with zero attached hydrogens (tertiary/aromatic N) is 1. The van der Waals surface area contributed by atoms with E-state index in [2.05, 4.69) is 10.6 Å². The van der Waals surface area contributed by atoms with Crippen molar-refractivity contribution in [1.82, 2.24) is 15.2 Å². The number of fused-ring (bicyclic) bond motifs is 1. The Balaban J connectivity index is 1.66. The van der Waals surface area contributed by atoms with Crippen molar-refractivity contribution < 1.29 is 4.79 Å². The molecule has 2 aromatic rings. The fraction of sp³-hybridized carbons (Fsp3) is 0.474. The number of nitrogens with two attached hydrogens (primary N) is 1. The molecule has 1 aromatic heterocycles. The molecule has 0 bridgehead atoms. The number of hydrogen-bond donors (Lipinski definition) is 3. The molecule has 1 saturated carbocycles. The summed E-state index contributed by atoms with van der Waals surface area (Å²) in [6.07, 6.45) is 4.65. The van der Waals surface area contributed by atoms with E-state index in [1.54, 1.807) is 11.6 Å². The van der Waals surface area contributed by atoms with E-state index in [-0.39, 0.29) is 24.2 Å². The predicted molar refractivity (Wildman–Crippen MR) is 99.4 cm³/mol. The van der Waals surface area contributed by atoms with E-state index in [4.69, 9.17) is 5.73 Å². The quantitative estimate of drug-likeness (QED) is 0.775. The van der Waals surface area contributed by atoms with Crippen LogP contribution in [0.4, 0.5) is 4.79 Å². The minimum absolute atomic E-state index is 0.00179. The van der Waals surface area contributed by atoms with Crippen LogP contribution in [0, 0.1) is 5.92 Å². The molecule has 0 saturated heterocycles. The molecule has 3 rings (SSSR count). The van der Waals surface area contributed by atoms with Crippen molar-refractivity contribution in [3.05, 3.63) is 46.2 Å². The van der Waals surface area contributed by atoms with Crippen LogP contribution in [0.2, 0.25) is 0 Å². The van der Waals surface area contributed by atoms with Gasteiger partial charge < -0.3 is 20.9 Å². The highest BCUT2D eigenvalue weighted by Gasteiger charge is 2.25. The predicted octanol–water partition coefficient (Wildman–Crippen LogP) is 1.86. The Labute approximate surface area is 147 Å². The Morgan fingerprint density at radius 3 is 2.76 bits per heavy atom. The standard InChI is InChI=1S/C19H26N4O2/c1-23-17-9-5-4-8-14(17)10-15(18(23)24)12-21-19(25)22-16(11-20)13-6-2-3-7-13/h4-5,8-10,13,16H,2-3,6-7,11-12,20H2,1H3,(H2,21,22,25). The molecule has 4 N–H and O–H groups in total. The third-order valence-corrected chi connectivity index (χ3v) is 5.19. The largest absolute Gasteiger partial charge is 0.334 e. The van der Waals surface area contributed by atoms with Gasteiger partial charge in [-0.3, -0.25) is 4.79 Å². The third kappa shape index (κ3) is 3.85. The van der Waals surface area contributed by atoms with Crippen molar-refractivity contribution in [3.8, 4) is 0 Å². The van der Waals surface area contributed by atoms with Gasteiger partial charge >= 0.3 is 6.03 Å². The molecule has 2 amide bonds. The molecule has 0 spiro atoms. The summed E-state index contributed by atoms with van der Waals surface area (Å²) in [7, 11) is 1.75. The number of aryl methyl sites for hydroxylation is 1. The van der Waals surface area contributed by atoms with Crippen LogP contribution in [0.1, 0.15) is 31.2 Å². The van der Waals surface area contributed by atoms with E-state index in [1.165, 1.54) is 12.8 Å². The molecule has 1 aromatic carbocycles. The zero-order chi connectivity index (χ0) is 17.8. The van der Waals surface area contributed by atoms with E-state index >= 15 is 0 Å². The van der Waals surface area contributed by atoms with E-state index in [0.29, 0.717) is 18.0 Å². The van der Waals surface area contributed by atoms with Crippen molar-refractivity contribution in [2.24, 2.45) is 18.7 Å². The average molecular weight is 342 g/mol. The van der Waals surface area contributed by atoms with Crippen LogP contribution >= 0.6 is 0 Å². The van der Waals surface area contributed by atoms with Gasteiger partial charge in [-0.1, -0.05) is 31.0 Å². The SMILES string of the molecule is Cn1c(=O)c(CNC(=O)NC(CN)C2CCCC2)cc2ccccc21. The molecule has 25 heavy (non-hydrogen) atoms. The molecule has 134 valence electrons. The number of urea groups is 1. The minimum Gasteiger partial charge on any atom is -0.334 e. The molecule has 6 heteroatoms. The second-order valence-corrected chi connectivity index (χ2v) is 6.81. The topological polar surface area (TPSA) is 89.2 Å². The van der Waals surface area contributed by atoms with Gasteiger partial charge in [0.25, 0.3) is 5.56 Å². The van der Waals surface area contributed by atoms with Gasteiger partial charge in [0.2, 0.25) is 0 Å². The Kier molecular flexibility index (Phi) is 5.38. The number of benzene rings is 1. The Hall–Kier alpha value is -2.34. The maximum Gasteiger partial charge on any atom is 0.315 e. The zero-order valence-electron chi connectivity index (χ0n) is 14.6. The molecular weight excluding hydrogens is 316 g/mol. The van der Waals surface area contributed by atoms with Crippen LogP contribution < -0.4 is 21.9 Å². The molecule has 1 atom stereocenters. The first kappa shape index (κ1) is 17.5. The number of hydrogen-bond acceptors (Lipinski definition) is 3. The molecule has 1 heterocycles. The van der Waals surface area contributed by atoms with Crippen LogP contribution in [0.25, 0.3) is 10.9 Å². The summed E-state index contributed by atoms with van der Waals surface area (Å²) in [6, 6.07) is 9.29. The molecule has 1 unspecified atom stereocenters. The number of carbonyl (C=O) groups excluding carboxylic acids is 1. The lowest BCUT2D eigenvalue weighted by Crippen LogP contribution is -2.48. The maximum absolute atomic E-state index is 12.5. The maximum atomic E-state index is 12.5. The lowest BCUT2D eigenvalue weighted by Gasteiger charge is -2.23. The highest BCUT2D eigenvalue weighted by atomic mass is 16.2. The smallest absolute Gasteiger partial charge is 0.315 e. The van der Waals surface area contributed by atoms with Gasteiger partial charge in [0, 0.05) is 31.7 Å². The molecule has 1 aliphatic rings. The average Bonchev–Trinajstić information content (AvgIpc) is 3.16. The Morgan fingerprint density at radius 1 is 1.32 bits per heavy atom. The van der Waals surface area contributed by atoms with Crippen molar-refractivity contribution in [1.29, 1.82) is 0 Å². The highest BCUT2D eigenvalue weighted by molar-refractivity contribution is 5.79. The molecular formula is C19H26N4O2. The summed E-state index contributed by atoms with van der Waals surface area (Å²) in [4.78, 5) is 24.7.